The molecule has 54 valence electrons. The molecule has 1 aromatic rings. The average Bonchev–Trinajstić information content (AvgIpc) is 2.34. The summed E-state index contributed by atoms with van der Waals surface area (Å²) in [6, 6.07) is 3.08. The molecule has 0 aliphatic rings. The molecule has 5 heteroatoms. The number of nitrogens with two attached hydrogens (primary N) is 1. The van der Waals surface area contributed by atoms with Crippen molar-refractivity contribution in [2.75, 3.05) is 0 Å². The zero-order valence-electron chi connectivity index (χ0n) is 5.32. The third kappa shape index (κ3) is 1.38. The minimum Gasteiger partial charge on any atom is -0.468 e. The third-order valence-electron chi connectivity index (χ3n) is 1.14. The molecule has 0 aliphatic carbocycles. The predicted octanol–water partition coefficient (Wildman–Crippen LogP) is -1.58. The molecule has 1 aromatic heterocycles. The van der Waals surface area contributed by atoms with Crippen LogP contribution in [0.2, 0.25) is 0 Å². The van der Waals surface area contributed by atoms with Crippen LogP contribution in [-0.2, 0) is 6.54 Å². The Morgan fingerprint density at radius 1 is 1.50 bits per heavy atom. The number of furan rings is 1. The zero-order chi connectivity index (χ0) is 7.56. The molecule has 0 aliphatic heterocycles. The molecule has 0 atom stereocenters. The molecule has 4 N–H and O–H groups in total. The standard InChI is InChI=1S/C5H8BNO3/c7-3-4-1-2-5(10-4)6(8)9/h1-2,8-9H,3,7H2. The Hall–Kier alpha value is -0.775. The lowest BCUT2D eigenvalue weighted by Crippen LogP contribution is -2.28. The summed E-state index contributed by atoms with van der Waals surface area (Å²) in [5.74, 6) is 0.545. The topological polar surface area (TPSA) is 79.6 Å². The van der Waals surface area contributed by atoms with Gasteiger partial charge in [0.1, 0.15) is 11.4 Å². The highest BCUT2D eigenvalue weighted by atomic mass is 16.4. The van der Waals surface area contributed by atoms with Gasteiger partial charge in [-0.15, -0.1) is 0 Å². The van der Waals surface area contributed by atoms with Crippen molar-refractivity contribution < 1.29 is 14.5 Å². The van der Waals surface area contributed by atoms with Crippen LogP contribution in [0.3, 0.4) is 0 Å². The van der Waals surface area contributed by atoms with Crippen molar-refractivity contribution in [3.63, 3.8) is 0 Å². The van der Waals surface area contributed by atoms with Gasteiger partial charge >= 0.3 is 7.12 Å². The molecule has 10 heavy (non-hydrogen) atoms. The molecule has 0 fully saturated rings. The van der Waals surface area contributed by atoms with E-state index in [-0.39, 0.29) is 12.2 Å². The van der Waals surface area contributed by atoms with Crippen LogP contribution in [0.25, 0.3) is 0 Å². The fourth-order valence-electron chi connectivity index (χ4n) is 0.643. The van der Waals surface area contributed by atoms with E-state index in [0.29, 0.717) is 5.76 Å². The molecule has 0 bridgehead atoms. The lowest BCUT2D eigenvalue weighted by atomic mass is 9.88. The van der Waals surface area contributed by atoms with E-state index < -0.39 is 7.12 Å². The van der Waals surface area contributed by atoms with Crippen LogP contribution in [-0.4, -0.2) is 17.2 Å². The van der Waals surface area contributed by atoms with E-state index >= 15 is 0 Å². The maximum Gasteiger partial charge on any atom is 0.526 e. The van der Waals surface area contributed by atoms with E-state index in [9.17, 15) is 0 Å². The highest BCUT2D eigenvalue weighted by Crippen LogP contribution is 1.95. The highest BCUT2D eigenvalue weighted by molar-refractivity contribution is 6.56. The third-order valence-corrected chi connectivity index (χ3v) is 1.14. The van der Waals surface area contributed by atoms with E-state index in [4.69, 9.17) is 20.2 Å². The fraction of sp³-hybridized carbons (Fsp3) is 0.200. The van der Waals surface area contributed by atoms with Gasteiger partial charge in [0.15, 0.2) is 0 Å². The summed E-state index contributed by atoms with van der Waals surface area (Å²) in [6.45, 7) is 0.271. The van der Waals surface area contributed by atoms with E-state index in [1.807, 2.05) is 0 Å². The van der Waals surface area contributed by atoms with Crippen LogP contribution >= 0.6 is 0 Å². The van der Waals surface area contributed by atoms with Gasteiger partial charge in [-0.25, -0.2) is 0 Å². The van der Waals surface area contributed by atoms with Crippen LogP contribution in [0.4, 0.5) is 0 Å². The van der Waals surface area contributed by atoms with Crippen LogP contribution in [0.5, 0.6) is 0 Å². The van der Waals surface area contributed by atoms with Gasteiger partial charge < -0.3 is 20.2 Å². The van der Waals surface area contributed by atoms with Gasteiger partial charge in [0.2, 0.25) is 0 Å². The summed E-state index contributed by atoms with van der Waals surface area (Å²) in [7, 11) is -1.54. The van der Waals surface area contributed by atoms with Gasteiger partial charge in [-0.3, -0.25) is 0 Å². The molecule has 4 nitrogen and oxygen atoms in total. The maximum absolute atomic E-state index is 8.55. The second-order valence-electron chi connectivity index (χ2n) is 1.88. The highest BCUT2D eigenvalue weighted by Gasteiger charge is 2.14. The van der Waals surface area contributed by atoms with Crippen molar-refractivity contribution in [3.05, 3.63) is 17.9 Å². The first-order valence-corrected chi connectivity index (χ1v) is 2.89. The summed E-state index contributed by atoms with van der Waals surface area (Å²) in [5, 5.41) is 17.1. The van der Waals surface area contributed by atoms with Crippen molar-refractivity contribution in [1.82, 2.24) is 0 Å². The Labute approximate surface area is 58.4 Å². The molecule has 1 heterocycles. The van der Waals surface area contributed by atoms with E-state index in [0.717, 1.165) is 0 Å². The second kappa shape index (κ2) is 2.87. The number of hydrogen-bond donors (Lipinski definition) is 3. The SMILES string of the molecule is NCc1ccc(B(O)O)o1. The van der Waals surface area contributed by atoms with Gasteiger partial charge in [0, 0.05) is 0 Å². The Bertz CT molecular complexity index is 210. The van der Waals surface area contributed by atoms with Crippen LogP contribution < -0.4 is 11.4 Å². The fourth-order valence-corrected chi connectivity index (χ4v) is 0.643. The second-order valence-corrected chi connectivity index (χ2v) is 1.88. The molecule has 0 saturated heterocycles. The monoisotopic (exact) mass is 141 g/mol. The lowest BCUT2D eigenvalue weighted by molar-refractivity contribution is 0.405. The van der Waals surface area contributed by atoms with Crippen molar-refractivity contribution in [2.24, 2.45) is 5.73 Å². The molecule has 0 aromatic carbocycles. The first-order chi connectivity index (χ1) is 4.74. The molecule has 1 rings (SSSR count). The summed E-state index contributed by atoms with van der Waals surface area (Å²) in [4.78, 5) is 0. The first-order valence-electron chi connectivity index (χ1n) is 2.89. The van der Waals surface area contributed by atoms with Gasteiger partial charge in [-0.05, 0) is 12.1 Å². The van der Waals surface area contributed by atoms with Gasteiger partial charge in [0.25, 0.3) is 0 Å². The lowest BCUT2D eigenvalue weighted by Gasteiger charge is -1.90. The minimum atomic E-state index is -1.54. The first kappa shape index (κ1) is 7.33. The van der Waals surface area contributed by atoms with E-state index in [2.05, 4.69) is 0 Å². The van der Waals surface area contributed by atoms with Crippen LogP contribution in [0, 0.1) is 0 Å². The molecular formula is C5H8BNO3. The summed E-state index contributed by atoms with van der Waals surface area (Å²) >= 11 is 0. The maximum atomic E-state index is 8.55. The molecule has 0 amide bonds. The van der Waals surface area contributed by atoms with Crippen molar-refractivity contribution in [1.29, 1.82) is 0 Å². The Morgan fingerprint density at radius 3 is 2.50 bits per heavy atom. The number of hydrogen-bond acceptors (Lipinski definition) is 4. The molecule has 0 radical (unpaired) electrons. The van der Waals surface area contributed by atoms with Gasteiger partial charge in [-0.2, -0.15) is 0 Å². The van der Waals surface area contributed by atoms with Crippen LogP contribution in [0.1, 0.15) is 5.76 Å². The van der Waals surface area contributed by atoms with Crippen LogP contribution in [0.15, 0.2) is 16.5 Å². The molecular weight excluding hydrogens is 133 g/mol. The Morgan fingerprint density at radius 2 is 2.20 bits per heavy atom. The number of rotatable bonds is 2. The summed E-state index contributed by atoms with van der Waals surface area (Å²) in [6.07, 6.45) is 0. The van der Waals surface area contributed by atoms with E-state index in [1.54, 1.807) is 6.07 Å². The average molecular weight is 141 g/mol. The largest absolute Gasteiger partial charge is 0.526 e. The van der Waals surface area contributed by atoms with E-state index in [1.165, 1.54) is 6.07 Å². The predicted molar refractivity (Wildman–Crippen MR) is 36.4 cm³/mol. The Balaban J connectivity index is 2.78. The normalized spacial score (nSPS) is 9.90. The zero-order valence-corrected chi connectivity index (χ0v) is 5.32. The van der Waals surface area contributed by atoms with Crippen molar-refractivity contribution >= 4 is 12.8 Å². The molecule has 0 unspecified atom stereocenters. The summed E-state index contributed by atoms with van der Waals surface area (Å²) < 4.78 is 4.87. The Kier molecular flexibility index (Phi) is 2.11. The molecule has 0 saturated carbocycles. The van der Waals surface area contributed by atoms with Crippen molar-refractivity contribution in [2.45, 2.75) is 6.54 Å². The van der Waals surface area contributed by atoms with Gasteiger partial charge in [-0.1, -0.05) is 0 Å². The van der Waals surface area contributed by atoms with Gasteiger partial charge in [0.05, 0.1) is 6.54 Å². The quantitative estimate of drug-likeness (QED) is 0.434. The summed E-state index contributed by atoms with van der Waals surface area (Å²) in [5.41, 5.74) is 5.33. The minimum absolute atomic E-state index is 0.125. The van der Waals surface area contributed by atoms with Crippen molar-refractivity contribution in [3.8, 4) is 0 Å². The smallest absolute Gasteiger partial charge is 0.468 e. The molecule has 0 spiro atoms.